The summed E-state index contributed by atoms with van der Waals surface area (Å²) in [6.07, 6.45) is 7.22. The second-order valence-electron chi connectivity index (χ2n) is 5.47. The molecule has 0 aliphatic heterocycles. The normalized spacial score (nSPS) is 20.3. The average Bonchev–Trinajstić information content (AvgIpc) is 2.50. The third-order valence-corrected chi connectivity index (χ3v) is 4.00. The van der Waals surface area contributed by atoms with Crippen molar-refractivity contribution in [1.29, 1.82) is 0 Å². The quantitative estimate of drug-likeness (QED) is 0.608. The molecule has 21 heavy (non-hydrogen) atoms. The van der Waals surface area contributed by atoms with Crippen molar-refractivity contribution >= 4 is 5.97 Å². The zero-order valence-corrected chi connectivity index (χ0v) is 12.9. The summed E-state index contributed by atoms with van der Waals surface area (Å²) in [5.41, 5.74) is 2.50. The molecule has 0 aromatic heterocycles. The van der Waals surface area contributed by atoms with Crippen molar-refractivity contribution < 1.29 is 14.3 Å². The molecule has 114 valence electrons. The average molecular weight is 288 g/mol. The van der Waals surface area contributed by atoms with Crippen LogP contribution in [-0.2, 0) is 16.0 Å². The summed E-state index contributed by atoms with van der Waals surface area (Å²) in [7, 11) is 1.69. The van der Waals surface area contributed by atoms with Crippen LogP contribution >= 0.6 is 0 Å². The Balaban J connectivity index is 2.09. The van der Waals surface area contributed by atoms with Crippen LogP contribution in [0.25, 0.3) is 0 Å². The number of benzene rings is 1. The highest BCUT2D eigenvalue weighted by molar-refractivity contribution is 5.82. The number of hydrogen-bond acceptors (Lipinski definition) is 3. The van der Waals surface area contributed by atoms with Crippen LogP contribution in [0.5, 0.6) is 5.75 Å². The lowest BCUT2D eigenvalue weighted by atomic mass is 9.80. The Kier molecular flexibility index (Phi) is 5.85. The van der Waals surface area contributed by atoms with Crippen LogP contribution in [0.1, 0.15) is 38.2 Å². The van der Waals surface area contributed by atoms with Gasteiger partial charge in [0.05, 0.1) is 13.7 Å². The van der Waals surface area contributed by atoms with Gasteiger partial charge in [0.15, 0.2) is 0 Å². The zero-order valence-electron chi connectivity index (χ0n) is 12.9. The number of carbonyl (C=O) groups is 1. The molecule has 2 rings (SSSR count). The van der Waals surface area contributed by atoms with Gasteiger partial charge >= 0.3 is 5.97 Å². The van der Waals surface area contributed by atoms with E-state index in [1.54, 1.807) is 13.2 Å². The largest absolute Gasteiger partial charge is 0.497 e. The summed E-state index contributed by atoms with van der Waals surface area (Å²) in [5, 5.41) is 0. The maximum Gasteiger partial charge on any atom is 0.330 e. The first-order valence-electron chi connectivity index (χ1n) is 7.73. The van der Waals surface area contributed by atoms with Crippen molar-refractivity contribution in [1.82, 2.24) is 0 Å². The fourth-order valence-electron chi connectivity index (χ4n) is 2.95. The van der Waals surface area contributed by atoms with Crippen LogP contribution in [0, 0.1) is 5.92 Å². The molecule has 1 atom stereocenters. The van der Waals surface area contributed by atoms with E-state index in [0.29, 0.717) is 12.5 Å². The van der Waals surface area contributed by atoms with Gasteiger partial charge in [0, 0.05) is 6.08 Å². The Morgan fingerprint density at radius 1 is 1.38 bits per heavy atom. The molecule has 1 saturated carbocycles. The molecule has 0 amide bonds. The van der Waals surface area contributed by atoms with Crippen molar-refractivity contribution in [2.75, 3.05) is 13.7 Å². The van der Waals surface area contributed by atoms with Crippen molar-refractivity contribution in [3.05, 3.63) is 41.5 Å². The van der Waals surface area contributed by atoms with E-state index in [0.717, 1.165) is 25.0 Å². The first-order valence-corrected chi connectivity index (χ1v) is 7.73. The molecule has 0 bridgehead atoms. The third kappa shape index (κ3) is 4.62. The number of allylic oxidation sites excluding steroid dienone is 1. The smallest absolute Gasteiger partial charge is 0.330 e. The van der Waals surface area contributed by atoms with Crippen LogP contribution in [0.15, 0.2) is 35.9 Å². The van der Waals surface area contributed by atoms with Gasteiger partial charge in [0.25, 0.3) is 0 Å². The Morgan fingerprint density at radius 2 is 2.24 bits per heavy atom. The van der Waals surface area contributed by atoms with Gasteiger partial charge in [-0.1, -0.05) is 24.1 Å². The van der Waals surface area contributed by atoms with Crippen molar-refractivity contribution in [3.63, 3.8) is 0 Å². The van der Waals surface area contributed by atoms with Crippen LogP contribution in [0.4, 0.5) is 0 Å². The SMILES string of the molecule is CCOC(=O)C=C1CCCCC1Cc1cccc(OC)c1. The number of carbonyl (C=O) groups excluding carboxylic acids is 1. The van der Waals surface area contributed by atoms with Gasteiger partial charge in [-0.15, -0.1) is 0 Å². The van der Waals surface area contributed by atoms with E-state index in [1.807, 2.05) is 19.1 Å². The molecule has 1 aromatic carbocycles. The summed E-state index contributed by atoms with van der Waals surface area (Å²) in [4.78, 5) is 11.7. The summed E-state index contributed by atoms with van der Waals surface area (Å²) in [5.74, 6) is 1.12. The number of rotatable bonds is 5. The molecule has 3 heteroatoms. The summed E-state index contributed by atoms with van der Waals surface area (Å²) < 4.78 is 10.3. The Morgan fingerprint density at radius 3 is 3.00 bits per heavy atom. The summed E-state index contributed by atoms with van der Waals surface area (Å²) >= 11 is 0. The van der Waals surface area contributed by atoms with E-state index >= 15 is 0 Å². The monoisotopic (exact) mass is 288 g/mol. The molecule has 0 saturated heterocycles. The standard InChI is InChI=1S/C18H24O3/c1-3-21-18(19)13-16-9-5-4-8-15(16)11-14-7-6-10-17(12-14)20-2/h6-7,10,12-13,15H,3-5,8-9,11H2,1-2H3. The lowest BCUT2D eigenvalue weighted by Crippen LogP contribution is -2.15. The fraction of sp³-hybridized carbons (Fsp3) is 0.500. The maximum absolute atomic E-state index is 11.7. The first kappa shape index (κ1) is 15.6. The van der Waals surface area contributed by atoms with Crippen LogP contribution in [0.2, 0.25) is 0 Å². The molecule has 0 heterocycles. The van der Waals surface area contributed by atoms with E-state index in [2.05, 4.69) is 12.1 Å². The molecule has 0 N–H and O–H groups in total. The molecular formula is C18H24O3. The second-order valence-corrected chi connectivity index (χ2v) is 5.47. The van der Waals surface area contributed by atoms with Crippen molar-refractivity contribution in [2.24, 2.45) is 5.92 Å². The molecule has 0 spiro atoms. The van der Waals surface area contributed by atoms with Gasteiger partial charge < -0.3 is 9.47 Å². The minimum atomic E-state index is -0.204. The summed E-state index contributed by atoms with van der Waals surface area (Å²) in [6, 6.07) is 8.18. The highest BCUT2D eigenvalue weighted by Crippen LogP contribution is 2.32. The van der Waals surface area contributed by atoms with Crippen LogP contribution in [0.3, 0.4) is 0 Å². The van der Waals surface area contributed by atoms with Gasteiger partial charge in [-0.2, -0.15) is 0 Å². The van der Waals surface area contributed by atoms with E-state index in [1.165, 1.54) is 24.0 Å². The second kappa shape index (κ2) is 7.87. The van der Waals surface area contributed by atoms with Gasteiger partial charge in [-0.05, 0) is 56.2 Å². The van der Waals surface area contributed by atoms with Gasteiger partial charge in [-0.25, -0.2) is 4.79 Å². The molecule has 1 aliphatic rings. The van der Waals surface area contributed by atoms with Crippen molar-refractivity contribution in [2.45, 2.75) is 39.0 Å². The minimum Gasteiger partial charge on any atom is -0.497 e. The highest BCUT2D eigenvalue weighted by atomic mass is 16.5. The Hall–Kier alpha value is -1.77. The Labute approximate surface area is 127 Å². The number of methoxy groups -OCH3 is 1. The molecule has 1 aliphatic carbocycles. The maximum atomic E-state index is 11.7. The highest BCUT2D eigenvalue weighted by Gasteiger charge is 2.20. The van der Waals surface area contributed by atoms with Crippen LogP contribution in [-0.4, -0.2) is 19.7 Å². The fourth-order valence-corrected chi connectivity index (χ4v) is 2.95. The summed E-state index contributed by atoms with van der Waals surface area (Å²) in [6.45, 7) is 2.27. The lowest BCUT2D eigenvalue weighted by molar-refractivity contribution is -0.137. The van der Waals surface area contributed by atoms with E-state index in [-0.39, 0.29) is 5.97 Å². The molecule has 1 aromatic rings. The topological polar surface area (TPSA) is 35.5 Å². The van der Waals surface area contributed by atoms with E-state index < -0.39 is 0 Å². The van der Waals surface area contributed by atoms with E-state index in [9.17, 15) is 4.79 Å². The van der Waals surface area contributed by atoms with E-state index in [4.69, 9.17) is 9.47 Å². The van der Waals surface area contributed by atoms with Gasteiger partial charge in [-0.3, -0.25) is 0 Å². The molecule has 0 radical (unpaired) electrons. The molecule has 3 nitrogen and oxygen atoms in total. The minimum absolute atomic E-state index is 0.204. The molecule has 1 unspecified atom stereocenters. The lowest BCUT2D eigenvalue weighted by Gasteiger charge is -2.25. The molecule has 1 fully saturated rings. The zero-order chi connectivity index (χ0) is 15.1. The first-order chi connectivity index (χ1) is 10.2. The third-order valence-electron chi connectivity index (χ3n) is 4.00. The Bertz CT molecular complexity index is 505. The number of hydrogen-bond donors (Lipinski definition) is 0. The number of ether oxygens (including phenoxy) is 2. The van der Waals surface area contributed by atoms with Crippen LogP contribution < -0.4 is 4.74 Å². The van der Waals surface area contributed by atoms with Crippen molar-refractivity contribution in [3.8, 4) is 5.75 Å². The number of esters is 1. The predicted molar refractivity (Wildman–Crippen MR) is 83.4 cm³/mol. The predicted octanol–water partition coefficient (Wildman–Crippen LogP) is 3.92. The molecular weight excluding hydrogens is 264 g/mol. The van der Waals surface area contributed by atoms with Gasteiger partial charge in [0.2, 0.25) is 0 Å². The van der Waals surface area contributed by atoms with Gasteiger partial charge in [0.1, 0.15) is 5.75 Å².